The summed E-state index contributed by atoms with van der Waals surface area (Å²) in [5.74, 6) is -0.129. The maximum absolute atomic E-state index is 13.7. The lowest BCUT2D eigenvalue weighted by molar-refractivity contribution is -0.139. The molecule has 3 aliphatic rings. The summed E-state index contributed by atoms with van der Waals surface area (Å²) in [5, 5.41) is 0. The van der Waals surface area contributed by atoms with E-state index in [-0.39, 0.29) is 48.2 Å². The Labute approximate surface area is 219 Å². The number of carbonyl (C=O) groups is 2. The van der Waals surface area contributed by atoms with Gasteiger partial charge in [0.1, 0.15) is 29.9 Å². The number of allylic oxidation sites excluding steroid dienone is 1. The number of hydrogen-bond acceptors (Lipinski definition) is 6. The number of rotatable bonds is 5. The van der Waals surface area contributed by atoms with E-state index < -0.39 is 0 Å². The molecule has 1 saturated carbocycles. The van der Waals surface area contributed by atoms with Gasteiger partial charge in [0.25, 0.3) is 5.91 Å². The average molecular weight is 565 g/mol. The van der Waals surface area contributed by atoms with Crippen LogP contribution in [-0.2, 0) is 14.3 Å². The summed E-state index contributed by atoms with van der Waals surface area (Å²) in [5.41, 5.74) is 8.08. The summed E-state index contributed by atoms with van der Waals surface area (Å²) in [6.07, 6.45) is 3.44. The monoisotopic (exact) mass is 564 g/mol. The fourth-order valence-electron chi connectivity index (χ4n) is 5.08. The molecule has 2 aliphatic heterocycles. The molecule has 0 aromatic heterocycles. The van der Waals surface area contributed by atoms with Crippen molar-refractivity contribution >= 4 is 33.5 Å². The van der Waals surface area contributed by atoms with Crippen molar-refractivity contribution in [3.05, 3.63) is 39.8 Å². The van der Waals surface area contributed by atoms with Gasteiger partial charge in [0, 0.05) is 50.3 Å². The number of carbonyl (C=O) groups excluding carboxylic acids is 2. The number of amides is 2. The van der Waals surface area contributed by atoms with Gasteiger partial charge < -0.3 is 25.0 Å². The Morgan fingerprint density at radius 1 is 1.17 bits per heavy atom. The summed E-state index contributed by atoms with van der Waals surface area (Å²) in [6, 6.07) is 4.71. The maximum atomic E-state index is 13.7. The molecule has 196 valence electrons. The molecule has 4 rings (SSSR count). The van der Waals surface area contributed by atoms with Gasteiger partial charge in [-0.25, -0.2) is 4.39 Å². The molecule has 8 nitrogen and oxygen atoms in total. The third-order valence-electron chi connectivity index (χ3n) is 6.86. The third kappa shape index (κ3) is 6.26. The summed E-state index contributed by atoms with van der Waals surface area (Å²) in [7, 11) is 0. The number of morpholine rings is 1. The Morgan fingerprint density at radius 3 is 2.56 bits per heavy atom. The van der Waals surface area contributed by atoms with E-state index in [4.69, 9.17) is 15.2 Å². The minimum Gasteiger partial charge on any atom is -0.489 e. The lowest BCUT2D eigenvalue weighted by Gasteiger charge is -2.35. The van der Waals surface area contributed by atoms with Crippen LogP contribution in [0.4, 0.5) is 4.39 Å². The van der Waals surface area contributed by atoms with Crippen LogP contribution in [0, 0.1) is 5.82 Å². The number of likely N-dealkylation sites (tertiary alicyclic amines) is 1. The van der Waals surface area contributed by atoms with E-state index in [1.807, 2.05) is 13.8 Å². The van der Waals surface area contributed by atoms with E-state index in [0.29, 0.717) is 62.1 Å². The SMILES string of the molecule is C[C@@H]1CN(C(=O)C(N)=C2CCCC2=NCC(=O)N2CCC(Oc3cccc(F)c3Br)CC2)C[C@H](C)O1. The van der Waals surface area contributed by atoms with Gasteiger partial charge in [-0.3, -0.25) is 14.6 Å². The molecule has 0 radical (unpaired) electrons. The lowest BCUT2D eigenvalue weighted by Crippen LogP contribution is -2.49. The first kappa shape index (κ1) is 26.6. The van der Waals surface area contributed by atoms with Gasteiger partial charge in [0.2, 0.25) is 5.91 Å². The van der Waals surface area contributed by atoms with Gasteiger partial charge in [0.15, 0.2) is 0 Å². The van der Waals surface area contributed by atoms with Crippen LogP contribution in [0.1, 0.15) is 46.0 Å². The average Bonchev–Trinajstić information content (AvgIpc) is 3.33. The van der Waals surface area contributed by atoms with Crippen molar-refractivity contribution in [2.75, 3.05) is 32.7 Å². The Hall–Kier alpha value is -2.46. The molecule has 0 spiro atoms. The Balaban J connectivity index is 1.32. The van der Waals surface area contributed by atoms with Crippen molar-refractivity contribution in [1.29, 1.82) is 0 Å². The van der Waals surface area contributed by atoms with E-state index in [9.17, 15) is 14.0 Å². The molecule has 10 heteroatoms. The second-order valence-corrected chi connectivity index (χ2v) is 10.5. The first-order valence-electron chi connectivity index (χ1n) is 12.6. The largest absolute Gasteiger partial charge is 0.489 e. The van der Waals surface area contributed by atoms with Crippen molar-refractivity contribution in [2.24, 2.45) is 10.7 Å². The molecule has 0 bridgehead atoms. The fourth-order valence-corrected chi connectivity index (χ4v) is 5.43. The summed E-state index contributed by atoms with van der Waals surface area (Å²) in [6.45, 7) is 6.06. The number of halogens is 2. The summed E-state index contributed by atoms with van der Waals surface area (Å²) < 4.78 is 25.7. The van der Waals surface area contributed by atoms with Gasteiger partial charge in [-0.1, -0.05) is 6.07 Å². The van der Waals surface area contributed by atoms with Gasteiger partial charge in [-0.15, -0.1) is 0 Å². The second-order valence-electron chi connectivity index (χ2n) is 9.73. The smallest absolute Gasteiger partial charge is 0.270 e. The highest BCUT2D eigenvalue weighted by atomic mass is 79.9. The standard InChI is InChI=1S/C26H34BrFN4O4/c1-16-14-32(15-17(2)35-16)26(34)25(29)19-5-3-7-21(19)30-13-23(33)31-11-9-18(10-12-31)36-22-8-4-6-20(28)24(22)27/h4,6,8,16-18H,3,5,7,9-15,29H2,1-2H3/t16-,17+. The third-order valence-corrected chi connectivity index (χ3v) is 7.63. The number of ether oxygens (including phenoxy) is 2. The predicted molar refractivity (Wildman–Crippen MR) is 138 cm³/mol. The van der Waals surface area contributed by atoms with Crippen LogP contribution in [0.2, 0.25) is 0 Å². The molecule has 2 saturated heterocycles. The fraction of sp³-hybridized carbons (Fsp3) is 0.577. The highest BCUT2D eigenvalue weighted by molar-refractivity contribution is 9.10. The number of nitrogens with two attached hydrogens (primary N) is 1. The lowest BCUT2D eigenvalue weighted by atomic mass is 10.1. The molecule has 1 aromatic carbocycles. The van der Waals surface area contributed by atoms with Crippen LogP contribution in [-0.4, -0.2) is 78.4 Å². The Bertz CT molecular complexity index is 1040. The van der Waals surface area contributed by atoms with E-state index in [2.05, 4.69) is 20.9 Å². The van der Waals surface area contributed by atoms with E-state index in [1.54, 1.807) is 21.9 Å². The van der Waals surface area contributed by atoms with Crippen LogP contribution in [0.25, 0.3) is 0 Å². The highest BCUT2D eigenvalue weighted by Crippen LogP contribution is 2.30. The van der Waals surface area contributed by atoms with Crippen molar-refractivity contribution < 1.29 is 23.5 Å². The molecule has 2 amide bonds. The number of nitrogens with zero attached hydrogens (tertiary/aromatic N) is 3. The van der Waals surface area contributed by atoms with Crippen molar-refractivity contribution in [2.45, 2.75) is 64.3 Å². The first-order chi connectivity index (χ1) is 17.2. The topological polar surface area (TPSA) is 97.5 Å². The molecule has 0 unspecified atom stereocenters. The highest BCUT2D eigenvalue weighted by Gasteiger charge is 2.30. The molecule has 2 atom stereocenters. The molecule has 2 heterocycles. The van der Waals surface area contributed by atoms with Gasteiger partial charge in [-0.05, 0) is 61.2 Å². The van der Waals surface area contributed by atoms with Gasteiger partial charge >= 0.3 is 0 Å². The Kier molecular flexibility index (Phi) is 8.66. The summed E-state index contributed by atoms with van der Waals surface area (Å²) in [4.78, 5) is 34.0. The molecule has 3 fully saturated rings. The number of aliphatic imine (C=N–C) groups is 1. The zero-order valence-electron chi connectivity index (χ0n) is 20.8. The van der Waals surface area contributed by atoms with Crippen LogP contribution >= 0.6 is 15.9 Å². The maximum Gasteiger partial charge on any atom is 0.270 e. The van der Waals surface area contributed by atoms with Gasteiger partial charge in [-0.2, -0.15) is 0 Å². The van der Waals surface area contributed by atoms with E-state index in [1.165, 1.54) is 6.07 Å². The zero-order chi connectivity index (χ0) is 25.8. The van der Waals surface area contributed by atoms with Crippen LogP contribution < -0.4 is 10.5 Å². The second kappa shape index (κ2) is 11.7. The van der Waals surface area contributed by atoms with Crippen molar-refractivity contribution in [3.8, 4) is 5.75 Å². The minimum absolute atomic E-state index is 0.0326. The molecule has 1 aliphatic carbocycles. The van der Waals surface area contributed by atoms with Crippen molar-refractivity contribution in [1.82, 2.24) is 9.80 Å². The number of hydrogen-bond donors (Lipinski definition) is 1. The van der Waals surface area contributed by atoms with E-state index in [0.717, 1.165) is 17.7 Å². The molecule has 2 N–H and O–H groups in total. The molecule has 36 heavy (non-hydrogen) atoms. The van der Waals surface area contributed by atoms with Crippen LogP contribution in [0.5, 0.6) is 5.75 Å². The van der Waals surface area contributed by atoms with E-state index >= 15 is 0 Å². The van der Waals surface area contributed by atoms with Gasteiger partial charge in [0.05, 0.1) is 16.7 Å². The van der Waals surface area contributed by atoms with Crippen molar-refractivity contribution in [3.63, 3.8) is 0 Å². The van der Waals surface area contributed by atoms with Crippen LogP contribution in [0.3, 0.4) is 0 Å². The summed E-state index contributed by atoms with van der Waals surface area (Å²) >= 11 is 3.23. The van der Waals surface area contributed by atoms with Crippen LogP contribution in [0.15, 0.2) is 38.9 Å². The molecule has 1 aromatic rings. The molecular formula is C26H34BrFN4O4. The number of piperidine rings is 1. The predicted octanol–water partition coefficient (Wildman–Crippen LogP) is 3.43. The Morgan fingerprint density at radius 2 is 1.86 bits per heavy atom. The molecular weight excluding hydrogens is 531 g/mol. The quantitative estimate of drug-likeness (QED) is 0.552. The first-order valence-corrected chi connectivity index (χ1v) is 13.4. The zero-order valence-corrected chi connectivity index (χ0v) is 22.4. The minimum atomic E-state index is -0.365. The normalized spacial score (nSPS) is 25.8. The number of benzene rings is 1.